The van der Waals surface area contributed by atoms with E-state index >= 15 is 0 Å². The predicted molar refractivity (Wildman–Crippen MR) is 73.8 cm³/mol. The van der Waals surface area contributed by atoms with E-state index in [1.54, 1.807) is 11.3 Å². The zero-order valence-electron chi connectivity index (χ0n) is 10.6. The largest absolute Gasteiger partial charge is 0.350 e. The molecule has 1 aliphatic heterocycles. The smallest absolute Gasteiger partial charge is 0.225 e. The highest BCUT2D eigenvalue weighted by Gasteiger charge is 2.12. The second kappa shape index (κ2) is 5.54. The molecule has 0 saturated heterocycles. The summed E-state index contributed by atoms with van der Waals surface area (Å²) in [6.45, 7) is 3.22. The summed E-state index contributed by atoms with van der Waals surface area (Å²) in [6, 6.07) is 5.99. The predicted octanol–water partition coefficient (Wildman–Crippen LogP) is 0.907. The topological polar surface area (TPSA) is 59.0 Å². The van der Waals surface area contributed by atoms with Gasteiger partial charge in [-0.05, 0) is 17.5 Å². The van der Waals surface area contributed by atoms with Gasteiger partial charge in [0, 0.05) is 18.0 Å². The van der Waals surface area contributed by atoms with Crippen molar-refractivity contribution in [1.29, 1.82) is 0 Å². The summed E-state index contributed by atoms with van der Waals surface area (Å²) in [4.78, 5) is 12.9. The first-order valence-corrected chi connectivity index (χ1v) is 7.24. The summed E-state index contributed by atoms with van der Waals surface area (Å²) in [7, 11) is 0. The standard InChI is InChI=1S/C13H16N4OS/c18-13(7-12-2-1-5-19-12)15-8-10-6-11-9-14-3-4-17(11)16-10/h1-2,5-6,14H,3-4,7-9H2,(H,15,18). The Morgan fingerprint density at radius 2 is 2.53 bits per heavy atom. The molecule has 6 heteroatoms. The lowest BCUT2D eigenvalue weighted by molar-refractivity contribution is -0.120. The third-order valence-corrected chi connectivity index (χ3v) is 3.98. The molecule has 0 aromatic carbocycles. The Bertz CT molecular complexity index is 538. The van der Waals surface area contributed by atoms with Gasteiger partial charge in [-0.15, -0.1) is 11.3 Å². The van der Waals surface area contributed by atoms with Gasteiger partial charge in [0.1, 0.15) is 0 Å². The second-order valence-corrected chi connectivity index (χ2v) is 5.59. The van der Waals surface area contributed by atoms with E-state index in [4.69, 9.17) is 0 Å². The Kier molecular flexibility index (Phi) is 3.61. The third-order valence-electron chi connectivity index (χ3n) is 3.10. The first-order valence-electron chi connectivity index (χ1n) is 6.36. The van der Waals surface area contributed by atoms with Gasteiger partial charge in [0.25, 0.3) is 0 Å². The van der Waals surface area contributed by atoms with Crippen LogP contribution in [0.4, 0.5) is 0 Å². The van der Waals surface area contributed by atoms with Gasteiger partial charge in [0.2, 0.25) is 5.91 Å². The van der Waals surface area contributed by atoms with Crippen LogP contribution in [0.15, 0.2) is 23.6 Å². The maximum Gasteiger partial charge on any atom is 0.225 e. The lowest BCUT2D eigenvalue weighted by Crippen LogP contribution is -2.28. The average molecular weight is 276 g/mol. The number of hydrogen-bond acceptors (Lipinski definition) is 4. The van der Waals surface area contributed by atoms with Crippen molar-refractivity contribution >= 4 is 17.2 Å². The molecule has 1 amide bonds. The summed E-state index contributed by atoms with van der Waals surface area (Å²) in [5.74, 6) is 0.0477. The molecule has 0 radical (unpaired) electrons. The summed E-state index contributed by atoms with van der Waals surface area (Å²) < 4.78 is 2.01. The van der Waals surface area contributed by atoms with Crippen LogP contribution in [0.2, 0.25) is 0 Å². The van der Waals surface area contributed by atoms with E-state index in [2.05, 4.69) is 21.8 Å². The van der Waals surface area contributed by atoms with Crippen LogP contribution in [0, 0.1) is 0 Å². The van der Waals surface area contributed by atoms with Crippen molar-refractivity contribution in [3.63, 3.8) is 0 Å². The zero-order valence-corrected chi connectivity index (χ0v) is 11.4. The molecule has 0 saturated carbocycles. The number of nitrogens with zero attached hydrogens (tertiary/aromatic N) is 2. The quantitative estimate of drug-likeness (QED) is 0.872. The van der Waals surface area contributed by atoms with Gasteiger partial charge in [-0.1, -0.05) is 6.07 Å². The molecule has 0 unspecified atom stereocenters. The Labute approximate surface area is 115 Å². The number of fused-ring (bicyclic) bond motifs is 1. The van der Waals surface area contributed by atoms with Crippen LogP contribution in [-0.2, 0) is 30.8 Å². The summed E-state index contributed by atoms with van der Waals surface area (Å²) >= 11 is 1.61. The molecular weight excluding hydrogens is 260 g/mol. The lowest BCUT2D eigenvalue weighted by Gasteiger charge is -2.13. The first kappa shape index (κ1) is 12.4. The number of amides is 1. The van der Waals surface area contributed by atoms with Crippen LogP contribution in [0.3, 0.4) is 0 Å². The first-order chi connectivity index (χ1) is 9.31. The molecule has 100 valence electrons. The highest BCUT2D eigenvalue weighted by molar-refractivity contribution is 7.10. The fourth-order valence-electron chi connectivity index (χ4n) is 2.16. The number of nitrogens with one attached hydrogen (secondary N) is 2. The average Bonchev–Trinajstić information content (AvgIpc) is 3.04. The van der Waals surface area contributed by atoms with Crippen molar-refractivity contribution in [2.45, 2.75) is 26.1 Å². The van der Waals surface area contributed by atoms with Crippen molar-refractivity contribution in [2.24, 2.45) is 0 Å². The monoisotopic (exact) mass is 276 g/mol. The Morgan fingerprint density at radius 3 is 3.32 bits per heavy atom. The fourth-order valence-corrected chi connectivity index (χ4v) is 2.87. The van der Waals surface area contributed by atoms with Crippen LogP contribution in [0.5, 0.6) is 0 Å². The SMILES string of the molecule is O=C(Cc1cccs1)NCc1cc2n(n1)CCNC2. The van der Waals surface area contributed by atoms with Gasteiger partial charge in [0.15, 0.2) is 0 Å². The summed E-state index contributed by atoms with van der Waals surface area (Å²) in [6.07, 6.45) is 0.451. The zero-order chi connectivity index (χ0) is 13.1. The summed E-state index contributed by atoms with van der Waals surface area (Å²) in [5, 5.41) is 12.7. The van der Waals surface area contributed by atoms with E-state index in [0.29, 0.717) is 13.0 Å². The maximum absolute atomic E-state index is 11.8. The molecule has 0 aliphatic carbocycles. The van der Waals surface area contributed by atoms with Crippen molar-refractivity contribution in [2.75, 3.05) is 6.54 Å². The molecule has 0 atom stereocenters. The number of carbonyl (C=O) groups excluding carboxylic acids is 1. The highest BCUT2D eigenvalue weighted by atomic mass is 32.1. The van der Waals surface area contributed by atoms with Crippen LogP contribution in [0.1, 0.15) is 16.3 Å². The number of rotatable bonds is 4. The molecule has 0 bridgehead atoms. The van der Waals surface area contributed by atoms with E-state index in [1.807, 2.05) is 22.2 Å². The third kappa shape index (κ3) is 3.02. The maximum atomic E-state index is 11.8. The van der Waals surface area contributed by atoms with E-state index in [-0.39, 0.29) is 5.91 Å². The molecule has 0 fully saturated rings. The van der Waals surface area contributed by atoms with Gasteiger partial charge < -0.3 is 10.6 Å². The molecule has 3 rings (SSSR count). The molecule has 3 heterocycles. The molecular formula is C13H16N4OS. The summed E-state index contributed by atoms with van der Waals surface area (Å²) in [5.41, 5.74) is 2.12. The van der Waals surface area contributed by atoms with Crippen LogP contribution < -0.4 is 10.6 Å². The van der Waals surface area contributed by atoms with Gasteiger partial charge in [-0.2, -0.15) is 5.10 Å². The van der Waals surface area contributed by atoms with E-state index in [9.17, 15) is 4.79 Å². The number of aromatic nitrogens is 2. The van der Waals surface area contributed by atoms with Crippen LogP contribution in [-0.4, -0.2) is 22.2 Å². The number of hydrogen-bond donors (Lipinski definition) is 2. The second-order valence-electron chi connectivity index (χ2n) is 4.56. The molecule has 2 aromatic heterocycles. The fraction of sp³-hybridized carbons (Fsp3) is 0.385. The van der Waals surface area contributed by atoms with Gasteiger partial charge in [-0.25, -0.2) is 0 Å². The van der Waals surface area contributed by atoms with Crippen molar-refractivity contribution in [3.05, 3.63) is 39.8 Å². The normalized spacial score (nSPS) is 14.1. The lowest BCUT2D eigenvalue weighted by atomic mass is 10.3. The van der Waals surface area contributed by atoms with Crippen molar-refractivity contribution in [3.8, 4) is 0 Å². The minimum absolute atomic E-state index is 0.0477. The molecule has 1 aliphatic rings. The van der Waals surface area contributed by atoms with Gasteiger partial charge in [-0.3, -0.25) is 9.48 Å². The van der Waals surface area contributed by atoms with Crippen LogP contribution >= 0.6 is 11.3 Å². The number of thiophene rings is 1. The minimum Gasteiger partial charge on any atom is -0.350 e. The Hall–Kier alpha value is -1.66. The molecule has 0 spiro atoms. The van der Waals surface area contributed by atoms with Crippen molar-refractivity contribution < 1.29 is 4.79 Å². The molecule has 19 heavy (non-hydrogen) atoms. The van der Waals surface area contributed by atoms with Crippen LogP contribution in [0.25, 0.3) is 0 Å². The van der Waals surface area contributed by atoms with Gasteiger partial charge >= 0.3 is 0 Å². The highest BCUT2D eigenvalue weighted by Crippen LogP contribution is 2.10. The minimum atomic E-state index is 0.0477. The number of carbonyl (C=O) groups is 1. The van der Waals surface area contributed by atoms with Gasteiger partial charge in [0.05, 0.1) is 30.9 Å². The molecule has 2 aromatic rings. The van der Waals surface area contributed by atoms with E-state index in [1.165, 1.54) is 5.69 Å². The molecule has 2 N–H and O–H groups in total. The molecule has 5 nitrogen and oxygen atoms in total. The van der Waals surface area contributed by atoms with E-state index < -0.39 is 0 Å². The van der Waals surface area contributed by atoms with E-state index in [0.717, 1.165) is 30.2 Å². The van der Waals surface area contributed by atoms with Crippen molar-refractivity contribution in [1.82, 2.24) is 20.4 Å². The Morgan fingerprint density at radius 1 is 1.58 bits per heavy atom. The Balaban J connectivity index is 1.54.